The van der Waals surface area contributed by atoms with Gasteiger partial charge in [0.2, 0.25) is 0 Å². The minimum atomic E-state index is 0.400. The topological polar surface area (TPSA) is 21.3 Å². The Hall–Kier alpha value is -0.0800. The van der Waals surface area contributed by atoms with Gasteiger partial charge in [0, 0.05) is 13.7 Å². The lowest BCUT2D eigenvalue weighted by atomic mass is 9.63. The van der Waals surface area contributed by atoms with Crippen LogP contribution in [0.5, 0.6) is 0 Å². The molecule has 2 unspecified atom stereocenters. The summed E-state index contributed by atoms with van der Waals surface area (Å²) < 4.78 is 5.54. The molecule has 1 N–H and O–H groups in total. The Bertz CT molecular complexity index is 191. The first kappa shape index (κ1) is 12.0. The second-order valence-corrected chi connectivity index (χ2v) is 5.95. The molecule has 14 heavy (non-hydrogen) atoms. The number of methoxy groups -OCH3 is 1. The molecule has 0 heterocycles. The van der Waals surface area contributed by atoms with Crippen molar-refractivity contribution < 1.29 is 4.74 Å². The maximum atomic E-state index is 5.54. The summed E-state index contributed by atoms with van der Waals surface area (Å²) in [6, 6.07) is 0. The molecule has 2 atom stereocenters. The lowest BCUT2D eigenvalue weighted by Crippen LogP contribution is -2.43. The van der Waals surface area contributed by atoms with Gasteiger partial charge in [-0.3, -0.25) is 0 Å². The molecule has 84 valence electrons. The van der Waals surface area contributed by atoms with Crippen LogP contribution in [-0.4, -0.2) is 26.8 Å². The fourth-order valence-corrected chi connectivity index (χ4v) is 3.27. The molecule has 1 aliphatic carbocycles. The summed E-state index contributed by atoms with van der Waals surface area (Å²) in [5, 5.41) is 3.30. The quantitative estimate of drug-likeness (QED) is 0.754. The summed E-state index contributed by atoms with van der Waals surface area (Å²) in [6.45, 7) is 8.17. The van der Waals surface area contributed by atoms with E-state index in [9.17, 15) is 0 Å². The van der Waals surface area contributed by atoms with Gasteiger partial charge < -0.3 is 10.1 Å². The van der Waals surface area contributed by atoms with Crippen molar-refractivity contribution in [2.75, 3.05) is 20.7 Å². The Balaban J connectivity index is 2.69. The minimum Gasteiger partial charge on any atom is -0.381 e. The van der Waals surface area contributed by atoms with Crippen LogP contribution in [0.4, 0.5) is 0 Å². The van der Waals surface area contributed by atoms with E-state index in [1.54, 1.807) is 0 Å². The summed E-state index contributed by atoms with van der Waals surface area (Å²) in [6.07, 6.45) is 4.12. The van der Waals surface area contributed by atoms with Crippen molar-refractivity contribution in [3.8, 4) is 0 Å². The molecule has 0 aliphatic heterocycles. The van der Waals surface area contributed by atoms with Crippen molar-refractivity contribution in [1.29, 1.82) is 0 Å². The summed E-state index contributed by atoms with van der Waals surface area (Å²) in [4.78, 5) is 0. The van der Waals surface area contributed by atoms with Gasteiger partial charge in [-0.05, 0) is 37.1 Å². The van der Waals surface area contributed by atoms with Crippen LogP contribution in [0.15, 0.2) is 0 Å². The predicted molar refractivity (Wildman–Crippen MR) is 60.5 cm³/mol. The minimum absolute atomic E-state index is 0.400. The van der Waals surface area contributed by atoms with E-state index in [1.165, 1.54) is 19.3 Å². The van der Waals surface area contributed by atoms with E-state index in [2.05, 4.69) is 26.1 Å². The van der Waals surface area contributed by atoms with Crippen LogP contribution in [0.1, 0.15) is 40.0 Å². The van der Waals surface area contributed by atoms with Crippen LogP contribution in [0.2, 0.25) is 0 Å². The molecule has 1 rings (SSSR count). The third kappa shape index (κ3) is 2.96. The van der Waals surface area contributed by atoms with Crippen LogP contribution in [0.3, 0.4) is 0 Å². The number of rotatable bonds is 3. The van der Waals surface area contributed by atoms with Gasteiger partial charge in [-0.15, -0.1) is 0 Å². The standard InChI is InChI=1S/C12H25NO/c1-11(2)6-10(14-5)7-12(3,8-11)9-13-4/h10,13H,6-9H2,1-5H3. The van der Waals surface area contributed by atoms with E-state index in [4.69, 9.17) is 4.74 Å². The van der Waals surface area contributed by atoms with Crippen LogP contribution in [0.25, 0.3) is 0 Å². The average molecular weight is 199 g/mol. The molecule has 0 aromatic heterocycles. The Morgan fingerprint density at radius 3 is 2.43 bits per heavy atom. The third-order valence-electron chi connectivity index (χ3n) is 3.34. The summed E-state index contributed by atoms with van der Waals surface area (Å²) in [5.41, 5.74) is 0.821. The summed E-state index contributed by atoms with van der Waals surface area (Å²) in [7, 11) is 3.88. The molecule has 0 radical (unpaired) electrons. The Morgan fingerprint density at radius 2 is 1.93 bits per heavy atom. The van der Waals surface area contributed by atoms with Gasteiger partial charge in [-0.1, -0.05) is 20.8 Å². The van der Waals surface area contributed by atoms with Crippen molar-refractivity contribution in [3.05, 3.63) is 0 Å². The van der Waals surface area contributed by atoms with E-state index in [-0.39, 0.29) is 0 Å². The molecule has 0 bridgehead atoms. The van der Waals surface area contributed by atoms with Gasteiger partial charge in [0.15, 0.2) is 0 Å². The van der Waals surface area contributed by atoms with Crippen molar-refractivity contribution >= 4 is 0 Å². The van der Waals surface area contributed by atoms with Crippen molar-refractivity contribution in [3.63, 3.8) is 0 Å². The van der Waals surface area contributed by atoms with Gasteiger partial charge in [-0.25, -0.2) is 0 Å². The molecular formula is C12H25NO. The first-order valence-corrected chi connectivity index (χ1v) is 5.58. The van der Waals surface area contributed by atoms with Crippen LogP contribution < -0.4 is 5.32 Å². The first-order valence-electron chi connectivity index (χ1n) is 5.58. The maximum Gasteiger partial charge on any atom is 0.0582 e. The molecule has 1 aliphatic rings. The van der Waals surface area contributed by atoms with Crippen LogP contribution >= 0.6 is 0 Å². The van der Waals surface area contributed by atoms with E-state index >= 15 is 0 Å². The van der Waals surface area contributed by atoms with Crippen LogP contribution in [-0.2, 0) is 4.74 Å². The van der Waals surface area contributed by atoms with Crippen molar-refractivity contribution in [2.24, 2.45) is 10.8 Å². The van der Waals surface area contributed by atoms with E-state index in [1.807, 2.05) is 14.2 Å². The molecule has 0 amide bonds. The molecule has 1 saturated carbocycles. The number of hydrogen-bond donors (Lipinski definition) is 1. The molecule has 2 nitrogen and oxygen atoms in total. The third-order valence-corrected chi connectivity index (χ3v) is 3.34. The first-order chi connectivity index (χ1) is 6.41. The lowest BCUT2D eigenvalue weighted by molar-refractivity contribution is -0.0324. The Morgan fingerprint density at radius 1 is 1.29 bits per heavy atom. The molecule has 0 aromatic carbocycles. The lowest BCUT2D eigenvalue weighted by Gasteiger charge is -2.46. The van der Waals surface area contributed by atoms with E-state index in [0.717, 1.165) is 6.54 Å². The maximum absolute atomic E-state index is 5.54. The highest BCUT2D eigenvalue weighted by atomic mass is 16.5. The highest BCUT2D eigenvalue weighted by Gasteiger charge is 2.40. The van der Waals surface area contributed by atoms with Crippen molar-refractivity contribution in [1.82, 2.24) is 5.32 Å². The number of nitrogens with one attached hydrogen (secondary N) is 1. The molecular weight excluding hydrogens is 174 g/mol. The average Bonchev–Trinajstić information content (AvgIpc) is 2.00. The Labute approximate surface area is 88.4 Å². The highest BCUT2D eigenvalue weighted by Crippen LogP contribution is 2.46. The van der Waals surface area contributed by atoms with Crippen LogP contribution in [0, 0.1) is 10.8 Å². The largest absolute Gasteiger partial charge is 0.381 e. The molecule has 0 saturated heterocycles. The van der Waals surface area contributed by atoms with E-state index in [0.29, 0.717) is 16.9 Å². The van der Waals surface area contributed by atoms with Gasteiger partial charge in [0.1, 0.15) is 0 Å². The zero-order chi connectivity index (χ0) is 10.8. The summed E-state index contributed by atoms with van der Waals surface area (Å²) in [5.74, 6) is 0. The second kappa shape index (κ2) is 4.19. The van der Waals surface area contributed by atoms with Gasteiger partial charge in [0.25, 0.3) is 0 Å². The fraction of sp³-hybridized carbons (Fsp3) is 1.00. The predicted octanol–water partition coefficient (Wildman–Crippen LogP) is 2.44. The smallest absolute Gasteiger partial charge is 0.0582 e. The Kier molecular flexibility index (Phi) is 3.59. The second-order valence-electron chi connectivity index (χ2n) is 5.95. The normalized spacial score (nSPS) is 37.1. The zero-order valence-corrected chi connectivity index (χ0v) is 10.3. The number of hydrogen-bond acceptors (Lipinski definition) is 2. The van der Waals surface area contributed by atoms with Gasteiger partial charge in [0.05, 0.1) is 6.10 Å². The fourth-order valence-electron chi connectivity index (χ4n) is 3.27. The van der Waals surface area contributed by atoms with E-state index < -0.39 is 0 Å². The molecule has 2 heteroatoms. The summed E-state index contributed by atoms with van der Waals surface area (Å²) >= 11 is 0. The SMILES string of the molecule is CNCC1(C)CC(OC)CC(C)(C)C1. The molecule has 0 aromatic rings. The van der Waals surface area contributed by atoms with Gasteiger partial charge in [-0.2, -0.15) is 0 Å². The zero-order valence-electron chi connectivity index (χ0n) is 10.3. The number of ether oxygens (including phenoxy) is 1. The van der Waals surface area contributed by atoms with Crippen molar-refractivity contribution in [2.45, 2.75) is 46.1 Å². The highest BCUT2D eigenvalue weighted by molar-refractivity contribution is 4.92. The monoisotopic (exact) mass is 199 g/mol. The molecule has 1 fully saturated rings. The van der Waals surface area contributed by atoms with Gasteiger partial charge >= 0.3 is 0 Å². The molecule has 0 spiro atoms.